The van der Waals surface area contributed by atoms with E-state index in [4.69, 9.17) is 11.5 Å². The molecule has 0 bridgehead atoms. The second-order valence-electron chi connectivity index (χ2n) is 5.34. The molecule has 6 N–H and O–H groups in total. The maximum atomic E-state index is 9.95. The minimum absolute atomic E-state index is 0.000349. The Bertz CT molecular complexity index is 385. The van der Waals surface area contributed by atoms with Gasteiger partial charge in [0.1, 0.15) is 6.10 Å². The standard InChI is InChI=1S/C13H22N2O2/c1-13(2,3)8-4-5-10(15)9(6-8)12(17)11(16)7-14/h4-6,11-12,16-17H,7,14-15H2,1-3H3. The highest BCUT2D eigenvalue weighted by Crippen LogP contribution is 2.29. The lowest BCUT2D eigenvalue weighted by atomic mass is 9.85. The number of hydrogen-bond acceptors (Lipinski definition) is 4. The third kappa shape index (κ3) is 3.19. The smallest absolute Gasteiger partial charge is 0.108 e. The quantitative estimate of drug-likeness (QED) is 0.589. The summed E-state index contributed by atoms with van der Waals surface area (Å²) in [6.45, 7) is 6.23. The molecule has 0 aliphatic rings. The van der Waals surface area contributed by atoms with Crippen molar-refractivity contribution in [2.45, 2.75) is 38.4 Å². The molecule has 17 heavy (non-hydrogen) atoms. The molecule has 0 saturated carbocycles. The van der Waals surface area contributed by atoms with Gasteiger partial charge in [-0.1, -0.05) is 32.9 Å². The maximum absolute atomic E-state index is 9.95. The summed E-state index contributed by atoms with van der Waals surface area (Å²) in [6.07, 6.45) is -2.03. The van der Waals surface area contributed by atoms with Crippen molar-refractivity contribution in [3.8, 4) is 0 Å². The van der Waals surface area contributed by atoms with Crippen molar-refractivity contribution in [3.05, 3.63) is 29.3 Å². The van der Waals surface area contributed by atoms with E-state index in [2.05, 4.69) is 20.8 Å². The molecule has 0 aliphatic carbocycles. The van der Waals surface area contributed by atoms with Gasteiger partial charge < -0.3 is 21.7 Å². The van der Waals surface area contributed by atoms with Gasteiger partial charge >= 0.3 is 0 Å². The molecule has 4 nitrogen and oxygen atoms in total. The highest BCUT2D eigenvalue weighted by atomic mass is 16.3. The molecule has 4 heteroatoms. The molecule has 96 valence electrons. The zero-order valence-electron chi connectivity index (χ0n) is 10.6. The van der Waals surface area contributed by atoms with Crippen molar-refractivity contribution in [2.75, 3.05) is 12.3 Å². The summed E-state index contributed by atoms with van der Waals surface area (Å²) in [5.74, 6) is 0. The highest BCUT2D eigenvalue weighted by molar-refractivity contribution is 5.51. The van der Waals surface area contributed by atoms with Gasteiger partial charge in [0.25, 0.3) is 0 Å². The molecule has 1 rings (SSSR count). The second kappa shape index (κ2) is 5.04. The van der Waals surface area contributed by atoms with Crippen LogP contribution in [0.3, 0.4) is 0 Å². The number of hydrogen-bond donors (Lipinski definition) is 4. The summed E-state index contributed by atoms with van der Waals surface area (Å²) >= 11 is 0. The Hall–Kier alpha value is -1.10. The van der Waals surface area contributed by atoms with Gasteiger partial charge in [-0.25, -0.2) is 0 Å². The van der Waals surface area contributed by atoms with Crippen LogP contribution < -0.4 is 11.5 Å². The molecular formula is C13H22N2O2. The van der Waals surface area contributed by atoms with E-state index in [1.165, 1.54) is 0 Å². The minimum atomic E-state index is -1.04. The van der Waals surface area contributed by atoms with Gasteiger partial charge in [0, 0.05) is 17.8 Å². The molecule has 0 saturated heterocycles. The minimum Gasteiger partial charge on any atom is -0.398 e. The van der Waals surface area contributed by atoms with Gasteiger partial charge in [-0.15, -0.1) is 0 Å². The Morgan fingerprint density at radius 1 is 1.24 bits per heavy atom. The van der Waals surface area contributed by atoms with Gasteiger partial charge in [0.15, 0.2) is 0 Å². The van der Waals surface area contributed by atoms with Gasteiger partial charge in [-0.3, -0.25) is 0 Å². The first kappa shape index (κ1) is 14.0. The van der Waals surface area contributed by atoms with E-state index in [0.29, 0.717) is 11.3 Å². The number of benzene rings is 1. The van der Waals surface area contributed by atoms with Crippen LogP contribution in [0.15, 0.2) is 18.2 Å². The number of aliphatic hydroxyl groups excluding tert-OH is 2. The van der Waals surface area contributed by atoms with E-state index in [1.807, 2.05) is 12.1 Å². The van der Waals surface area contributed by atoms with Crippen LogP contribution in [-0.4, -0.2) is 22.9 Å². The van der Waals surface area contributed by atoms with Crippen LogP contribution in [0.4, 0.5) is 5.69 Å². The van der Waals surface area contributed by atoms with E-state index >= 15 is 0 Å². The van der Waals surface area contributed by atoms with Crippen LogP contribution in [0.1, 0.15) is 38.0 Å². The molecular weight excluding hydrogens is 216 g/mol. The Balaban J connectivity index is 3.15. The third-order valence-corrected chi connectivity index (χ3v) is 2.88. The average molecular weight is 238 g/mol. The fourth-order valence-electron chi connectivity index (χ4n) is 1.63. The van der Waals surface area contributed by atoms with Crippen LogP contribution in [-0.2, 0) is 5.41 Å². The number of nitrogen functional groups attached to an aromatic ring is 1. The normalized spacial score (nSPS) is 15.6. The largest absolute Gasteiger partial charge is 0.398 e. The zero-order chi connectivity index (χ0) is 13.2. The number of anilines is 1. The number of aliphatic hydroxyl groups is 2. The molecule has 1 aromatic carbocycles. The molecule has 0 spiro atoms. The molecule has 0 fully saturated rings. The van der Waals surface area contributed by atoms with Crippen LogP contribution >= 0.6 is 0 Å². The number of rotatable bonds is 3. The lowest BCUT2D eigenvalue weighted by Gasteiger charge is -2.23. The predicted molar refractivity (Wildman–Crippen MR) is 69.6 cm³/mol. The highest BCUT2D eigenvalue weighted by Gasteiger charge is 2.22. The SMILES string of the molecule is CC(C)(C)c1ccc(N)c(C(O)C(O)CN)c1. The molecule has 0 aliphatic heterocycles. The fourth-order valence-corrected chi connectivity index (χ4v) is 1.63. The van der Waals surface area contributed by atoms with Crippen molar-refractivity contribution in [3.63, 3.8) is 0 Å². The molecule has 1 aromatic rings. The summed E-state index contributed by atoms with van der Waals surface area (Å²) < 4.78 is 0. The Labute approximate surface area is 102 Å². The van der Waals surface area contributed by atoms with Crippen molar-refractivity contribution in [1.82, 2.24) is 0 Å². The average Bonchev–Trinajstić information content (AvgIpc) is 2.26. The van der Waals surface area contributed by atoms with E-state index < -0.39 is 12.2 Å². The van der Waals surface area contributed by atoms with E-state index in [1.54, 1.807) is 6.07 Å². The summed E-state index contributed by atoms with van der Waals surface area (Å²) in [6, 6.07) is 5.52. The van der Waals surface area contributed by atoms with E-state index in [-0.39, 0.29) is 12.0 Å². The topological polar surface area (TPSA) is 92.5 Å². The van der Waals surface area contributed by atoms with E-state index in [0.717, 1.165) is 5.56 Å². The molecule has 2 atom stereocenters. The van der Waals surface area contributed by atoms with Gasteiger partial charge in [0.2, 0.25) is 0 Å². The summed E-state index contributed by atoms with van der Waals surface area (Å²) in [4.78, 5) is 0. The van der Waals surface area contributed by atoms with Crippen LogP contribution in [0.25, 0.3) is 0 Å². The lowest BCUT2D eigenvalue weighted by Crippen LogP contribution is -2.28. The van der Waals surface area contributed by atoms with Crippen LogP contribution in [0, 0.1) is 0 Å². The van der Waals surface area contributed by atoms with Crippen LogP contribution in [0.5, 0.6) is 0 Å². The molecule has 0 amide bonds. The Morgan fingerprint density at radius 3 is 2.29 bits per heavy atom. The van der Waals surface area contributed by atoms with Crippen molar-refractivity contribution in [1.29, 1.82) is 0 Å². The molecule has 2 unspecified atom stereocenters. The molecule has 0 heterocycles. The summed E-state index contributed by atoms with van der Waals surface area (Å²) in [5.41, 5.74) is 13.2. The molecule has 0 aromatic heterocycles. The second-order valence-corrected chi connectivity index (χ2v) is 5.34. The van der Waals surface area contributed by atoms with E-state index in [9.17, 15) is 10.2 Å². The first-order valence-corrected chi connectivity index (χ1v) is 5.73. The van der Waals surface area contributed by atoms with Crippen molar-refractivity contribution >= 4 is 5.69 Å². The summed E-state index contributed by atoms with van der Waals surface area (Å²) in [5, 5.41) is 19.5. The fraction of sp³-hybridized carbons (Fsp3) is 0.538. The van der Waals surface area contributed by atoms with Crippen LogP contribution in [0.2, 0.25) is 0 Å². The van der Waals surface area contributed by atoms with Crippen molar-refractivity contribution in [2.24, 2.45) is 5.73 Å². The van der Waals surface area contributed by atoms with Crippen molar-refractivity contribution < 1.29 is 10.2 Å². The Morgan fingerprint density at radius 2 is 1.82 bits per heavy atom. The predicted octanol–water partition coefficient (Wildman–Crippen LogP) is 0.919. The maximum Gasteiger partial charge on any atom is 0.108 e. The van der Waals surface area contributed by atoms with Gasteiger partial charge in [-0.2, -0.15) is 0 Å². The zero-order valence-corrected chi connectivity index (χ0v) is 10.6. The van der Waals surface area contributed by atoms with Gasteiger partial charge in [0.05, 0.1) is 6.10 Å². The first-order valence-electron chi connectivity index (χ1n) is 5.73. The molecule has 0 radical (unpaired) electrons. The number of nitrogens with two attached hydrogens (primary N) is 2. The summed E-state index contributed by atoms with van der Waals surface area (Å²) in [7, 11) is 0. The van der Waals surface area contributed by atoms with Gasteiger partial charge in [-0.05, 0) is 17.0 Å². The first-order chi connectivity index (χ1) is 7.77. The monoisotopic (exact) mass is 238 g/mol. The lowest BCUT2D eigenvalue weighted by molar-refractivity contribution is 0.0247. The third-order valence-electron chi connectivity index (χ3n) is 2.88. The Kier molecular flexibility index (Phi) is 4.14.